The van der Waals surface area contributed by atoms with E-state index in [4.69, 9.17) is 33.2 Å². The summed E-state index contributed by atoms with van der Waals surface area (Å²) in [6.45, 7) is 0.819. The van der Waals surface area contributed by atoms with Gasteiger partial charge in [-0.25, -0.2) is 0 Å². The van der Waals surface area contributed by atoms with E-state index in [9.17, 15) is 10.2 Å². The van der Waals surface area contributed by atoms with Crippen molar-refractivity contribution in [2.45, 2.75) is 13.1 Å². The molecule has 0 saturated heterocycles. The van der Waals surface area contributed by atoms with Crippen molar-refractivity contribution >= 4 is 57.4 Å². The molecule has 4 nitrogen and oxygen atoms in total. The van der Waals surface area contributed by atoms with E-state index < -0.39 is 0 Å². The normalized spacial score (nSPS) is 13.8. The quantitative estimate of drug-likeness (QED) is 0.226. The molecular formula is C32H24Cl2N2O2S2. The highest BCUT2D eigenvalue weighted by atomic mass is 35.5. The fourth-order valence-corrected chi connectivity index (χ4v) is 6.36. The van der Waals surface area contributed by atoms with Gasteiger partial charge in [0.05, 0.1) is 13.1 Å². The summed E-state index contributed by atoms with van der Waals surface area (Å²) in [7, 11) is 0. The minimum atomic E-state index is 0.0680. The number of nitrogens with zero attached hydrogens (tertiary/aromatic N) is 2. The number of rotatable bonds is 6. The Balaban J connectivity index is 1.82. The van der Waals surface area contributed by atoms with Gasteiger partial charge >= 0.3 is 0 Å². The Kier molecular flexibility index (Phi) is 9.14. The van der Waals surface area contributed by atoms with Crippen molar-refractivity contribution in [3.63, 3.8) is 0 Å². The molecule has 40 heavy (non-hydrogen) atoms. The molecule has 0 radical (unpaired) electrons. The molecule has 5 rings (SSSR count). The molecule has 5 aromatic rings. The van der Waals surface area contributed by atoms with E-state index >= 15 is 0 Å². The molecule has 200 valence electrons. The van der Waals surface area contributed by atoms with Crippen LogP contribution in [0.25, 0.3) is 11.5 Å². The second-order valence-corrected chi connectivity index (χ2v) is 11.7. The number of halogens is 2. The molecule has 2 N–H and O–H groups in total. The summed E-state index contributed by atoms with van der Waals surface area (Å²) in [6.07, 6.45) is 0. The van der Waals surface area contributed by atoms with Gasteiger partial charge in [0.15, 0.2) is 0 Å². The molecule has 0 fully saturated rings. The molecule has 0 aliphatic carbocycles. The Hall–Kier alpha value is -3.68. The minimum Gasteiger partial charge on any atom is -0.506 e. The Morgan fingerprint density at radius 1 is 0.525 bits per heavy atom. The molecule has 0 spiro atoms. The molecule has 1 heterocycles. The molecule has 0 saturated carbocycles. The van der Waals surface area contributed by atoms with Gasteiger partial charge in [0, 0.05) is 21.2 Å². The van der Waals surface area contributed by atoms with Gasteiger partial charge in [-0.05, 0) is 59.7 Å². The van der Waals surface area contributed by atoms with Crippen molar-refractivity contribution < 1.29 is 10.2 Å². The standard InChI is InChI=1S/C32H24Cl2N2O2S2/c33-25-15-11-23(12-16-25)27(37)29-31(35-19-21-7-3-1-4-8-21)39-30(28(38)24-13-17-26(34)18-14-24)32(40-29)36-20-22-9-5-2-6-10-22/h1-18,37-38H,19-20H2/b29-27+,30-28+,35-31?,36-32?. The van der Waals surface area contributed by atoms with Gasteiger partial charge in [-0.2, -0.15) is 0 Å². The van der Waals surface area contributed by atoms with Crippen LogP contribution in [-0.4, -0.2) is 10.2 Å². The van der Waals surface area contributed by atoms with Gasteiger partial charge in [0.1, 0.15) is 29.9 Å². The van der Waals surface area contributed by atoms with Crippen LogP contribution in [0.3, 0.4) is 0 Å². The molecular weight excluding hydrogens is 579 g/mol. The maximum atomic E-state index is 11.5. The number of benzene rings is 4. The summed E-state index contributed by atoms with van der Waals surface area (Å²) in [6, 6.07) is 33.8. The lowest BCUT2D eigenvalue weighted by molar-refractivity contribution is 0.507. The van der Waals surface area contributed by atoms with E-state index in [0.29, 0.717) is 52.7 Å². The average Bonchev–Trinajstić information content (AvgIpc) is 3.00. The Bertz CT molecular complexity index is 1730. The van der Waals surface area contributed by atoms with Crippen molar-refractivity contribution in [3.05, 3.63) is 160 Å². The number of hydrogen-bond donors (Lipinski definition) is 2. The number of aliphatic hydroxyl groups is 2. The fraction of sp³-hybridized carbons (Fsp3) is 0.0625. The van der Waals surface area contributed by atoms with Crippen LogP contribution in [0.2, 0.25) is 10.0 Å². The topological polar surface area (TPSA) is 65.2 Å². The number of hydrogen-bond acceptors (Lipinski definition) is 6. The minimum absolute atomic E-state index is 0.0680. The van der Waals surface area contributed by atoms with Gasteiger partial charge in [-0.3, -0.25) is 9.98 Å². The van der Waals surface area contributed by atoms with Crippen LogP contribution in [0.5, 0.6) is 0 Å². The van der Waals surface area contributed by atoms with Crippen molar-refractivity contribution in [2.24, 2.45) is 9.98 Å². The van der Waals surface area contributed by atoms with Crippen molar-refractivity contribution in [1.29, 1.82) is 0 Å². The van der Waals surface area contributed by atoms with Gasteiger partial charge in [-0.1, -0.05) is 83.9 Å². The Labute approximate surface area is 249 Å². The maximum absolute atomic E-state index is 11.5. The van der Waals surface area contributed by atoms with Crippen LogP contribution in [-0.2, 0) is 13.1 Å². The highest BCUT2D eigenvalue weighted by Crippen LogP contribution is 2.15. The first kappa shape index (κ1) is 27.9. The third-order valence-corrected chi connectivity index (χ3v) is 8.94. The van der Waals surface area contributed by atoms with Crippen LogP contribution in [0.1, 0.15) is 22.3 Å². The largest absolute Gasteiger partial charge is 0.506 e. The molecule has 0 amide bonds. The summed E-state index contributed by atoms with van der Waals surface area (Å²) in [5.74, 6) is 0.136. The lowest BCUT2D eigenvalue weighted by atomic mass is 10.2. The fourth-order valence-electron chi connectivity index (χ4n) is 3.85. The second kappa shape index (κ2) is 13.1. The van der Waals surface area contributed by atoms with Gasteiger partial charge in [0.25, 0.3) is 0 Å². The molecule has 1 aromatic heterocycles. The zero-order valence-corrected chi connectivity index (χ0v) is 24.3. The lowest BCUT2D eigenvalue weighted by Gasteiger charge is -2.04. The molecule has 8 heteroatoms. The Morgan fingerprint density at radius 2 is 0.875 bits per heavy atom. The molecule has 0 aliphatic heterocycles. The molecule has 0 unspecified atom stereocenters. The van der Waals surface area contributed by atoms with Crippen molar-refractivity contribution in [1.82, 2.24) is 0 Å². The van der Waals surface area contributed by atoms with Crippen molar-refractivity contribution in [2.75, 3.05) is 0 Å². The van der Waals surface area contributed by atoms with Crippen LogP contribution >= 0.6 is 45.9 Å². The number of aliphatic hydroxyl groups excluding tert-OH is 2. The predicted octanol–water partition coefficient (Wildman–Crippen LogP) is 6.75. The summed E-state index contributed by atoms with van der Waals surface area (Å²) in [4.78, 5) is 9.77. The van der Waals surface area contributed by atoms with E-state index in [-0.39, 0.29) is 11.5 Å². The van der Waals surface area contributed by atoms with Gasteiger partial charge in [-0.15, -0.1) is 22.7 Å². The first-order valence-electron chi connectivity index (χ1n) is 12.4. The third kappa shape index (κ3) is 6.90. The highest BCUT2D eigenvalue weighted by Gasteiger charge is 2.09. The van der Waals surface area contributed by atoms with Gasteiger partial charge < -0.3 is 10.2 Å². The molecule has 0 atom stereocenters. The first-order chi connectivity index (χ1) is 19.5. The first-order valence-corrected chi connectivity index (χ1v) is 14.8. The van der Waals surface area contributed by atoms with E-state index in [0.717, 1.165) is 11.1 Å². The second-order valence-electron chi connectivity index (χ2n) is 8.79. The van der Waals surface area contributed by atoms with Crippen molar-refractivity contribution in [3.8, 4) is 0 Å². The van der Waals surface area contributed by atoms with E-state index in [2.05, 4.69) is 0 Å². The summed E-state index contributed by atoms with van der Waals surface area (Å²) in [5.41, 5.74) is 3.28. The maximum Gasteiger partial charge on any atom is 0.143 e. The van der Waals surface area contributed by atoms with Crippen LogP contribution in [0, 0.1) is 0 Å². The predicted molar refractivity (Wildman–Crippen MR) is 166 cm³/mol. The van der Waals surface area contributed by atoms with E-state index in [1.807, 2.05) is 60.7 Å². The summed E-state index contributed by atoms with van der Waals surface area (Å²) < 4.78 is 2.27. The van der Waals surface area contributed by atoms with Crippen LogP contribution in [0.4, 0.5) is 0 Å². The zero-order valence-electron chi connectivity index (χ0n) is 21.2. The SMILES string of the molecule is O/C(c1ccc(Cl)cc1)=c1/sc(=NCc2ccccc2)/c(=C(\O)c2ccc(Cl)cc2)sc1=NCc1ccccc1. The molecule has 0 bridgehead atoms. The summed E-state index contributed by atoms with van der Waals surface area (Å²) >= 11 is 14.8. The van der Waals surface area contributed by atoms with E-state index in [1.165, 1.54) is 22.7 Å². The van der Waals surface area contributed by atoms with Crippen LogP contribution in [0.15, 0.2) is 119 Å². The smallest absolute Gasteiger partial charge is 0.143 e. The molecule has 0 aliphatic rings. The van der Waals surface area contributed by atoms with Crippen LogP contribution < -0.4 is 18.4 Å². The third-order valence-electron chi connectivity index (χ3n) is 5.95. The zero-order chi connectivity index (χ0) is 27.9. The Morgan fingerprint density at radius 3 is 1.23 bits per heavy atom. The average molecular weight is 604 g/mol. The monoisotopic (exact) mass is 602 g/mol. The van der Waals surface area contributed by atoms with Gasteiger partial charge in [0.2, 0.25) is 0 Å². The highest BCUT2D eigenvalue weighted by molar-refractivity contribution is 7.14. The molecule has 4 aromatic carbocycles. The summed E-state index contributed by atoms with van der Waals surface area (Å²) in [5, 5.41) is 24.1. The lowest BCUT2D eigenvalue weighted by Crippen LogP contribution is -2.36. The van der Waals surface area contributed by atoms with E-state index in [1.54, 1.807) is 48.5 Å².